The number of hydrogen-bond acceptors (Lipinski definition) is 4. The van der Waals surface area contributed by atoms with Crippen LogP contribution in [0.1, 0.15) is 12.5 Å². The van der Waals surface area contributed by atoms with Crippen LogP contribution in [0.25, 0.3) is 5.69 Å². The van der Waals surface area contributed by atoms with Crippen LogP contribution in [0.15, 0.2) is 42.7 Å². The third kappa shape index (κ3) is 3.42. The van der Waals surface area contributed by atoms with Crippen LogP contribution in [0.5, 0.6) is 0 Å². The molecule has 100 valence electrons. The highest BCUT2D eigenvalue weighted by Crippen LogP contribution is 2.12. The van der Waals surface area contributed by atoms with Gasteiger partial charge in [0.15, 0.2) is 6.10 Å². The molecule has 2 rings (SSSR count). The zero-order chi connectivity index (χ0) is 13.7. The highest BCUT2D eigenvalue weighted by Gasteiger charge is 2.16. The summed E-state index contributed by atoms with van der Waals surface area (Å²) in [4.78, 5) is 11.4. The van der Waals surface area contributed by atoms with Crippen LogP contribution >= 0.6 is 0 Å². The van der Waals surface area contributed by atoms with Crippen molar-refractivity contribution in [3.63, 3.8) is 0 Å². The van der Waals surface area contributed by atoms with Gasteiger partial charge in [-0.3, -0.25) is 0 Å². The number of aliphatic hydroxyl groups excluding tert-OH is 1. The van der Waals surface area contributed by atoms with E-state index in [9.17, 15) is 9.90 Å². The zero-order valence-electron chi connectivity index (χ0n) is 10.7. The molecule has 0 amide bonds. The number of benzene rings is 1. The van der Waals surface area contributed by atoms with Gasteiger partial charge in [-0.05, 0) is 30.7 Å². The number of aliphatic hydroxyl groups is 1. The summed E-state index contributed by atoms with van der Waals surface area (Å²) in [6.07, 6.45) is 2.63. The Morgan fingerprint density at radius 3 is 3.00 bits per heavy atom. The first-order chi connectivity index (χ1) is 9.20. The number of nitrogens with zero attached hydrogens (tertiary/aromatic N) is 2. The lowest BCUT2D eigenvalue weighted by atomic mass is 10.1. The number of aromatic nitrogens is 2. The summed E-state index contributed by atoms with van der Waals surface area (Å²) in [6.45, 7) is 1.98. The Hall–Kier alpha value is -2.14. The highest BCUT2D eigenvalue weighted by atomic mass is 16.5. The number of ether oxygens (including phenoxy) is 1. The molecule has 0 saturated carbocycles. The first-order valence-electron chi connectivity index (χ1n) is 6.14. The zero-order valence-corrected chi connectivity index (χ0v) is 10.7. The van der Waals surface area contributed by atoms with E-state index >= 15 is 0 Å². The van der Waals surface area contributed by atoms with E-state index in [4.69, 9.17) is 4.74 Å². The molecule has 1 unspecified atom stereocenters. The summed E-state index contributed by atoms with van der Waals surface area (Å²) in [6, 6.07) is 9.35. The van der Waals surface area contributed by atoms with Gasteiger partial charge in [-0.25, -0.2) is 9.48 Å². The van der Waals surface area contributed by atoms with E-state index in [1.54, 1.807) is 17.8 Å². The van der Waals surface area contributed by atoms with Crippen molar-refractivity contribution in [1.29, 1.82) is 0 Å². The Labute approximate surface area is 111 Å². The largest absolute Gasteiger partial charge is 0.464 e. The maximum atomic E-state index is 11.4. The quantitative estimate of drug-likeness (QED) is 0.824. The minimum Gasteiger partial charge on any atom is -0.464 e. The molecule has 1 N–H and O–H groups in total. The summed E-state index contributed by atoms with van der Waals surface area (Å²) in [5, 5.41) is 13.9. The molecule has 0 saturated heterocycles. The first-order valence-corrected chi connectivity index (χ1v) is 6.14. The average molecular weight is 260 g/mol. The third-order valence-electron chi connectivity index (χ3n) is 2.67. The predicted molar refractivity (Wildman–Crippen MR) is 69.9 cm³/mol. The number of carbonyl (C=O) groups is 1. The maximum Gasteiger partial charge on any atom is 0.335 e. The predicted octanol–water partition coefficient (Wildman–Crippen LogP) is 1.34. The number of esters is 1. The maximum absolute atomic E-state index is 11.4. The summed E-state index contributed by atoms with van der Waals surface area (Å²) in [7, 11) is 0. The molecule has 2 aromatic rings. The second-order valence-corrected chi connectivity index (χ2v) is 4.09. The SMILES string of the molecule is CCOC(=O)C(O)Cc1cccc(-n2cccn2)c1. The minimum atomic E-state index is -1.13. The summed E-state index contributed by atoms with van der Waals surface area (Å²) in [5.41, 5.74) is 1.74. The summed E-state index contributed by atoms with van der Waals surface area (Å²) in [5.74, 6) is -0.591. The lowest BCUT2D eigenvalue weighted by molar-refractivity contribution is -0.152. The fourth-order valence-corrected chi connectivity index (χ4v) is 1.79. The Bertz CT molecular complexity index is 537. The average Bonchev–Trinajstić information content (AvgIpc) is 2.93. The van der Waals surface area contributed by atoms with Gasteiger partial charge in [0.05, 0.1) is 12.3 Å². The molecule has 0 spiro atoms. The van der Waals surface area contributed by atoms with Crippen molar-refractivity contribution in [2.45, 2.75) is 19.4 Å². The number of carbonyl (C=O) groups excluding carboxylic acids is 1. The number of rotatable bonds is 5. The molecule has 19 heavy (non-hydrogen) atoms. The lowest BCUT2D eigenvalue weighted by Gasteiger charge is -2.10. The van der Waals surface area contributed by atoms with Gasteiger partial charge in [0.25, 0.3) is 0 Å². The Balaban J connectivity index is 2.09. The van der Waals surface area contributed by atoms with Gasteiger partial charge in [0, 0.05) is 18.8 Å². The molecule has 0 fully saturated rings. The van der Waals surface area contributed by atoms with Crippen molar-refractivity contribution in [3.8, 4) is 5.69 Å². The first kappa shape index (κ1) is 13.3. The van der Waals surface area contributed by atoms with E-state index in [-0.39, 0.29) is 13.0 Å². The normalized spacial score (nSPS) is 12.1. The Morgan fingerprint density at radius 2 is 2.32 bits per heavy atom. The van der Waals surface area contributed by atoms with Gasteiger partial charge in [-0.1, -0.05) is 12.1 Å². The van der Waals surface area contributed by atoms with Crippen LogP contribution in [0.2, 0.25) is 0 Å². The van der Waals surface area contributed by atoms with E-state index < -0.39 is 12.1 Å². The minimum absolute atomic E-state index is 0.230. The second kappa shape index (κ2) is 6.15. The highest BCUT2D eigenvalue weighted by molar-refractivity contribution is 5.74. The van der Waals surface area contributed by atoms with Crippen molar-refractivity contribution in [2.24, 2.45) is 0 Å². The van der Waals surface area contributed by atoms with Crippen LogP contribution < -0.4 is 0 Å². The van der Waals surface area contributed by atoms with Crippen molar-refractivity contribution < 1.29 is 14.6 Å². The topological polar surface area (TPSA) is 64.3 Å². The molecule has 1 aromatic heterocycles. The molecular formula is C14H16N2O3. The van der Waals surface area contributed by atoms with Gasteiger partial charge in [-0.2, -0.15) is 5.10 Å². The van der Waals surface area contributed by atoms with Gasteiger partial charge >= 0.3 is 5.97 Å². The monoisotopic (exact) mass is 260 g/mol. The lowest BCUT2D eigenvalue weighted by Crippen LogP contribution is -2.25. The molecule has 0 aliphatic rings. The molecule has 5 heteroatoms. The summed E-state index contributed by atoms with van der Waals surface area (Å²) >= 11 is 0. The van der Waals surface area contributed by atoms with E-state index in [0.717, 1.165) is 11.3 Å². The van der Waals surface area contributed by atoms with Crippen molar-refractivity contribution in [1.82, 2.24) is 9.78 Å². The van der Waals surface area contributed by atoms with Gasteiger partial charge in [-0.15, -0.1) is 0 Å². The van der Waals surface area contributed by atoms with Crippen molar-refractivity contribution in [2.75, 3.05) is 6.61 Å². The summed E-state index contributed by atoms with van der Waals surface area (Å²) < 4.78 is 6.49. The van der Waals surface area contributed by atoms with Crippen molar-refractivity contribution in [3.05, 3.63) is 48.3 Å². The smallest absolute Gasteiger partial charge is 0.335 e. The molecule has 1 heterocycles. The van der Waals surface area contributed by atoms with Gasteiger partial charge in [0.1, 0.15) is 0 Å². The van der Waals surface area contributed by atoms with Gasteiger partial charge in [0.2, 0.25) is 0 Å². The molecular weight excluding hydrogens is 244 g/mol. The van der Waals surface area contributed by atoms with E-state index in [1.807, 2.05) is 36.5 Å². The molecule has 1 aromatic carbocycles. The molecule has 0 radical (unpaired) electrons. The fraction of sp³-hybridized carbons (Fsp3) is 0.286. The Kier molecular flexibility index (Phi) is 4.30. The number of hydrogen-bond donors (Lipinski definition) is 1. The Morgan fingerprint density at radius 1 is 1.47 bits per heavy atom. The van der Waals surface area contributed by atoms with Crippen LogP contribution in [0, 0.1) is 0 Å². The standard InChI is InChI=1S/C14H16N2O3/c1-2-19-14(18)13(17)10-11-5-3-6-12(9-11)16-8-4-7-15-16/h3-9,13,17H,2,10H2,1H3. The molecule has 0 aliphatic heterocycles. The molecule has 0 aliphatic carbocycles. The second-order valence-electron chi connectivity index (χ2n) is 4.09. The van der Waals surface area contributed by atoms with E-state index in [1.165, 1.54) is 0 Å². The van der Waals surface area contributed by atoms with Gasteiger partial charge < -0.3 is 9.84 Å². The van der Waals surface area contributed by atoms with Crippen LogP contribution in [-0.4, -0.2) is 33.6 Å². The molecule has 5 nitrogen and oxygen atoms in total. The van der Waals surface area contributed by atoms with E-state index in [0.29, 0.717) is 0 Å². The fourth-order valence-electron chi connectivity index (χ4n) is 1.79. The van der Waals surface area contributed by atoms with Crippen LogP contribution in [-0.2, 0) is 16.0 Å². The van der Waals surface area contributed by atoms with E-state index in [2.05, 4.69) is 5.10 Å². The van der Waals surface area contributed by atoms with Crippen LogP contribution in [0.4, 0.5) is 0 Å². The van der Waals surface area contributed by atoms with Crippen molar-refractivity contribution >= 4 is 5.97 Å². The van der Waals surface area contributed by atoms with Crippen LogP contribution in [0.3, 0.4) is 0 Å². The third-order valence-corrected chi connectivity index (χ3v) is 2.67. The molecule has 1 atom stereocenters. The molecule has 0 bridgehead atoms.